The highest BCUT2D eigenvalue weighted by Crippen LogP contribution is 2.12. The summed E-state index contributed by atoms with van der Waals surface area (Å²) in [6, 6.07) is 7.68. The molecule has 0 saturated heterocycles. The minimum Gasteiger partial charge on any atom is -0.321 e. The summed E-state index contributed by atoms with van der Waals surface area (Å²) in [5.41, 5.74) is 2.15. The molecule has 5 heteroatoms. The molecular formula is C13H12ClN3O. The molecule has 0 radical (unpaired) electrons. The second-order valence-corrected chi connectivity index (χ2v) is 4.12. The van der Waals surface area contributed by atoms with Crippen molar-refractivity contribution in [2.75, 3.05) is 5.32 Å². The molecule has 2 rings (SSSR count). The Kier molecular flexibility index (Phi) is 3.89. The van der Waals surface area contributed by atoms with Crippen LogP contribution in [0.1, 0.15) is 23.0 Å². The Morgan fingerprint density at radius 2 is 2.17 bits per heavy atom. The molecule has 0 bridgehead atoms. The first-order valence-corrected chi connectivity index (χ1v) is 5.94. The fourth-order valence-electron chi connectivity index (χ4n) is 1.49. The van der Waals surface area contributed by atoms with Gasteiger partial charge in [0, 0.05) is 5.69 Å². The fourth-order valence-corrected chi connectivity index (χ4v) is 1.59. The van der Waals surface area contributed by atoms with E-state index in [2.05, 4.69) is 22.2 Å². The van der Waals surface area contributed by atoms with Crippen molar-refractivity contribution in [3.8, 4) is 0 Å². The van der Waals surface area contributed by atoms with Crippen LogP contribution < -0.4 is 5.32 Å². The monoisotopic (exact) mass is 261 g/mol. The number of hydrogen-bond donors (Lipinski definition) is 1. The van der Waals surface area contributed by atoms with Crippen LogP contribution in [0.4, 0.5) is 5.69 Å². The molecule has 1 N–H and O–H groups in total. The molecule has 1 amide bonds. The maximum absolute atomic E-state index is 11.9. The van der Waals surface area contributed by atoms with Gasteiger partial charge in [-0.1, -0.05) is 30.7 Å². The Hall–Kier alpha value is -1.94. The Bertz CT molecular complexity index is 554. The molecule has 1 aromatic carbocycles. The van der Waals surface area contributed by atoms with Gasteiger partial charge in [0.25, 0.3) is 5.91 Å². The molecule has 0 spiro atoms. The molecule has 0 aliphatic heterocycles. The van der Waals surface area contributed by atoms with Crippen LogP contribution >= 0.6 is 11.6 Å². The van der Waals surface area contributed by atoms with Crippen LogP contribution in [0.3, 0.4) is 0 Å². The number of aryl methyl sites for hydroxylation is 1. The molecule has 0 atom stereocenters. The number of benzene rings is 1. The maximum Gasteiger partial charge on any atom is 0.275 e. The van der Waals surface area contributed by atoms with Crippen LogP contribution in [0.2, 0.25) is 5.15 Å². The lowest BCUT2D eigenvalue weighted by Gasteiger charge is -2.05. The highest BCUT2D eigenvalue weighted by atomic mass is 35.5. The van der Waals surface area contributed by atoms with E-state index >= 15 is 0 Å². The summed E-state index contributed by atoms with van der Waals surface area (Å²) in [7, 11) is 0. The molecule has 18 heavy (non-hydrogen) atoms. The number of aromatic nitrogens is 2. The highest BCUT2D eigenvalue weighted by Gasteiger charge is 2.08. The van der Waals surface area contributed by atoms with Crippen molar-refractivity contribution in [3.05, 3.63) is 53.1 Å². The van der Waals surface area contributed by atoms with E-state index in [9.17, 15) is 4.79 Å². The Labute approximate surface area is 110 Å². The van der Waals surface area contributed by atoms with Gasteiger partial charge in [0.15, 0.2) is 0 Å². The van der Waals surface area contributed by atoms with Crippen molar-refractivity contribution < 1.29 is 4.79 Å². The normalized spacial score (nSPS) is 10.1. The molecule has 0 aliphatic carbocycles. The second kappa shape index (κ2) is 5.60. The first kappa shape index (κ1) is 12.5. The van der Waals surface area contributed by atoms with Crippen molar-refractivity contribution in [1.29, 1.82) is 0 Å². The number of amides is 1. The Morgan fingerprint density at radius 1 is 1.33 bits per heavy atom. The molecular weight excluding hydrogens is 250 g/mol. The lowest BCUT2D eigenvalue weighted by atomic mass is 10.1. The topological polar surface area (TPSA) is 54.9 Å². The van der Waals surface area contributed by atoms with Crippen molar-refractivity contribution in [3.63, 3.8) is 0 Å². The molecule has 92 valence electrons. The summed E-state index contributed by atoms with van der Waals surface area (Å²) in [5, 5.41) is 3.03. The molecule has 4 nitrogen and oxygen atoms in total. The van der Waals surface area contributed by atoms with Crippen molar-refractivity contribution >= 4 is 23.2 Å². The standard InChI is InChI=1S/C13H12ClN3O/c1-2-9-4-3-5-10(6-9)17-13(18)11-7-16-12(14)8-15-11/h3-8H,2H2,1H3,(H,17,18). The van der Waals surface area contributed by atoms with Gasteiger partial charge in [0.1, 0.15) is 10.8 Å². The van der Waals surface area contributed by atoms with E-state index in [0.717, 1.165) is 17.7 Å². The SMILES string of the molecule is CCc1cccc(NC(=O)c2cnc(Cl)cn2)c1. The van der Waals surface area contributed by atoms with E-state index in [0.29, 0.717) is 0 Å². The quantitative estimate of drug-likeness (QED) is 0.924. The van der Waals surface area contributed by atoms with Crippen molar-refractivity contribution in [1.82, 2.24) is 9.97 Å². The summed E-state index contributed by atoms with van der Waals surface area (Å²) >= 11 is 5.61. The Balaban J connectivity index is 2.13. The second-order valence-electron chi connectivity index (χ2n) is 3.73. The first-order chi connectivity index (χ1) is 8.69. The number of rotatable bonds is 3. The lowest BCUT2D eigenvalue weighted by molar-refractivity contribution is 0.102. The summed E-state index contributed by atoms with van der Waals surface area (Å²) in [6.07, 6.45) is 3.62. The lowest BCUT2D eigenvalue weighted by Crippen LogP contribution is -2.14. The minimum absolute atomic E-state index is 0.237. The highest BCUT2D eigenvalue weighted by molar-refractivity contribution is 6.29. The molecule has 0 fully saturated rings. The molecule has 0 unspecified atom stereocenters. The third-order valence-electron chi connectivity index (χ3n) is 2.45. The number of anilines is 1. The third kappa shape index (κ3) is 3.05. The molecule has 2 aromatic rings. The van der Waals surface area contributed by atoms with Gasteiger partial charge in [0.05, 0.1) is 12.4 Å². The van der Waals surface area contributed by atoms with Gasteiger partial charge in [-0.2, -0.15) is 0 Å². The number of carbonyl (C=O) groups is 1. The average molecular weight is 262 g/mol. The molecule has 1 aromatic heterocycles. The van der Waals surface area contributed by atoms with Crippen molar-refractivity contribution in [2.45, 2.75) is 13.3 Å². The van der Waals surface area contributed by atoms with Gasteiger partial charge in [0.2, 0.25) is 0 Å². The number of carbonyl (C=O) groups excluding carboxylic acids is 1. The smallest absolute Gasteiger partial charge is 0.275 e. The van der Waals surface area contributed by atoms with E-state index in [4.69, 9.17) is 11.6 Å². The van der Waals surface area contributed by atoms with Crippen molar-refractivity contribution in [2.24, 2.45) is 0 Å². The molecule has 1 heterocycles. The van der Waals surface area contributed by atoms with Crippen LogP contribution in [0, 0.1) is 0 Å². The van der Waals surface area contributed by atoms with Gasteiger partial charge in [-0.3, -0.25) is 4.79 Å². The van der Waals surface area contributed by atoms with Gasteiger partial charge >= 0.3 is 0 Å². The van der Waals surface area contributed by atoms with E-state index in [1.165, 1.54) is 12.4 Å². The number of hydrogen-bond acceptors (Lipinski definition) is 3. The van der Waals surface area contributed by atoms with Gasteiger partial charge in [-0.05, 0) is 24.1 Å². The van der Waals surface area contributed by atoms with Gasteiger partial charge < -0.3 is 5.32 Å². The zero-order chi connectivity index (χ0) is 13.0. The van der Waals surface area contributed by atoms with Crippen LogP contribution in [0.5, 0.6) is 0 Å². The molecule has 0 aliphatic rings. The van der Waals surface area contributed by atoms with E-state index in [-0.39, 0.29) is 16.8 Å². The van der Waals surface area contributed by atoms with Crippen LogP contribution in [-0.4, -0.2) is 15.9 Å². The van der Waals surface area contributed by atoms with Crippen LogP contribution in [0.25, 0.3) is 0 Å². The fraction of sp³-hybridized carbons (Fsp3) is 0.154. The average Bonchev–Trinajstić information content (AvgIpc) is 2.39. The third-order valence-corrected chi connectivity index (χ3v) is 2.64. The first-order valence-electron chi connectivity index (χ1n) is 5.57. The summed E-state index contributed by atoms with van der Waals surface area (Å²) < 4.78 is 0. The van der Waals surface area contributed by atoms with Crippen LogP contribution in [0.15, 0.2) is 36.7 Å². The van der Waals surface area contributed by atoms with Crippen LogP contribution in [-0.2, 0) is 6.42 Å². The zero-order valence-electron chi connectivity index (χ0n) is 9.85. The zero-order valence-corrected chi connectivity index (χ0v) is 10.6. The summed E-state index contributed by atoms with van der Waals surface area (Å²) in [5.74, 6) is -0.299. The Morgan fingerprint density at radius 3 is 2.83 bits per heavy atom. The van der Waals surface area contributed by atoms with E-state index in [1.807, 2.05) is 24.3 Å². The number of nitrogens with one attached hydrogen (secondary N) is 1. The maximum atomic E-state index is 11.9. The molecule has 0 saturated carbocycles. The summed E-state index contributed by atoms with van der Waals surface area (Å²) in [4.78, 5) is 19.6. The predicted molar refractivity (Wildman–Crippen MR) is 70.8 cm³/mol. The number of nitrogens with zero attached hydrogens (tertiary/aromatic N) is 2. The van der Waals surface area contributed by atoms with E-state index < -0.39 is 0 Å². The van der Waals surface area contributed by atoms with E-state index in [1.54, 1.807) is 0 Å². The largest absolute Gasteiger partial charge is 0.321 e. The van der Waals surface area contributed by atoms with Gasteiger partial charge in [-0.25, -0.2) is 9.97 Å². The summed E-state index contributed by atoms with van der Waals surface area (Å²) in [6.45, 7) is 2.06. The van der Waals surface area contributed by atoms with Gasteiger partial charge in [-0.15, -0.1) is 0 Å². The number of halogens is 1. The minimum atomic E-state index is -0.299. The predicted octanol–water partition coefficient (Wildman–Crippen LogP) is 2.94.